The summed E-state index contributed by atoms with van der Waals surface area (Å²) in [6.07, 6.45) is 0.821. The second kappa shape index (κ2) is 5.85. The van der Waals surface area contributed by atoms with E-state index in [1.54, 1.807) is 18.2 Å². The topological polar surface area (TPSA) is 33.2 Å². The molecule has 19 heavy (non-hydrogen) atoms. The van der Waals surface area contributed by atoms with Crippen LogP contribution in [0.2, 0.25) is 5.02 Å². The summed E-state index contributed by atoms with van der Waals surface area (Å²) in [5.74, 6) is 0. The fraction of sp³-hybridized carbons (Fsp3) is 0.200. The number of hydrogen-bond acceptors (Lipinski definition) is 3. The minimum absolute atomic E-state index is 0.569. The molecule has 3 nitrogen and oxygen atoms in total. The van der Waals surface area contributed by atoms with Crippen LogP contribution >= 0.6 is 11.6 Å². The first-order chi connectivity index (χ1) is 9.11. The lowest BCUT2D eigenvalue weighted by molar-refractivity contribution is 0.112. The third kappa shape index (κ3) is 3.12. The van der Waals surface area contributed by atoms with Crippen LogP contribution in [0.1, 0.15) is 21.7 Å². The largest absolute Gasteiger partial charge is 0.367 e. The quantitative estimate of drug-likeness (QED) is 0.800. The van der Waals surface area contributed by atoms with Gasteiger partial charge in [-0.1, -0.05) is 23.7 Å². The summed E-state index contributed by atoms with van der Waals surface area (Å²) < 4.78 is 0. The maximum absolute atomic E-state index is 11.1. The molecular weight excluding hydrogens is 260 g/mol. The molecule has 0 radical (unpaired) electrons. The van der Waals surface area contributed by atoms with Gasteiger partial charge in [0.1, 0.15) is 0 Å². The van der Waals surface area contributed by atoms with Gasteiger partial charge in [0.25, 0.3) is 0 Å². The molecule has 0 saturated heterocycles. The third-order valence-electron chi connectivity index (χ3n) is 2.87. The minimum atomic E-state index is 0.569. The maximum Gasteiger partial charge on any atom is 0.152 e. The van der Waals surface area contributed by atoms with Crippen molar-refractivity contribution in [3.63, 3.8) is 0 Å². The van der Waals surface area contributed by atoms with Crippen LogP contribution in [-0.4, -0.2) is 18.3 Å². The first-order valence-corrected chi connectivity index (χ1v) is 6.37. The number of anilines is 1. The van der Waals surface area contributed by atoms with E-state index >= 15 is 0 Å². The monoisotopic (exact) mass is 274 g/mol. The van der Waals surface area contributed by atoms with Gasteiger partial charge in [-0.2, -0.15) is 0 Å². The van der Waals surface area contributed by atoms with Gasteiger partial charge in [0.2, 0.25) is 0 Å². The number of carbonyl (C=O) groups is 1. The lowest BCUT2D eigenvalue weighted by atomic mass is 10.1. The predicted molar refractivity (Wildman–Crippen MR) is 77.9 cm³/mol. The molecule has 0 saturated carbocycles. The van der Waals surface area contributed by atoms with E-state index in [4.69, 9.17) is 11.6 Å². The molecule has 2 aromatic rings. The molecule has 0 amide bonds. The average molecular weight is 275 g/mol. The van der Waals surface area contributed by atoms with Crippen LogP contribution in [0.3, 0.4) is 0 Å². The van der Waals surface area contributed by atoms with Gasteiger partial charge >= 0.3 is 0 Å². The summed E-state index contributed by atoms with van der Waals surface area (Å²) in [7, 11) is 1.90. The summed E-state index contributed by atoms with van der Waals surface area (Å²) in [6.45, 7) is 2.56. The van der Waals surface area contributed by atoms with Crippen LogP contribution in [0, 0.1) is 6.92 Å². The second-order valence-electron chi connectivity index (χ2n) is 4.42. The number of para-hydroxylation sites is 1. The molecule has 0 aliphatic carbocycles. The first kappa shape index (κ1) is 13.6. The molecule has 98 valence electrons. The molecule has 0 spiro atoms. The Hall–Kier alpha value is -1.87. The molecule has 1 aromatic carbocycles. The van der Waals surface area contributed by atoms with Crippen molar-refractivity contribution in [2.45, 2.75) is 13.5 Å². The maximum atomic E-state index is 11.1. The number of aryl methyl sites for hydroxylation is 1. The molecule has 0 unspecified atom stereocenters. The van der Waals surface area contributed by atoms with Gasteiger partial charge in [-0.3, -0.25) is 9.78 Å². The van der Waals surface area contributed by atoms with Gasteiger partial charge in [-0.05, 0) is 31.2 Å². The number of hydrogen-bond donors (Lipinski definition) is 0. The van der Waals surface area contributed by atoms with Crippen LogP contribution < -0.4 is 4.90 Å². The number of halogens is 1. The molecule has 0 atom stereocenters. The lowest BCUT2D eigenvalue weighted by Gasteiger charge is -2.22. The highest BCUT2D eigenvalue weighted by Crippen LogP contribution is 2.28. The molecule has 0 fully saturated rings. The van der Waals surface area contributed by atoms with Gasteiger partial charge < -0.3 is 4.90 Å². The minimum Gasteiger partial charge on any atom is -0.367 e. The van der Waals surface area contributed by atoms with Gasteiger partial charge in [0.05, 0.1) is 22.9 Å². The Labute approximate surface area is 117 Å². The summed E-state index contributed by atoms with van der Waals surface area (Å²) in [4.78, 5) is 17.5. The number of pyridine rings is 1. The number of carbonyl (C=O) groups excluding carboxylic acids is 1. The smallest absolute Gasteiger partial charge is 0.152 e. The summed E-state index contributed by atoms with van der Waals surface area (Å²) in [6, 6.07) is 11.2. The molecule has 1 aromatic heterocycles. The zero-order valence-electron chi connectivity index (χ0n) is 10.9. The molecule has 0 aliphatic rings. The average Bonchev–Trinajstić information content (AvgIpc) is 2.38. The van der Waals surface area contributed by atoms with E-state index in [9.17, 15) is 4.79 Å². The van der Waals surface area contributed by atoms with E-state index in [2.05, 4.69) is 4.98 Å². The molecule has 1 heterocycles. The van der Waals surface area contributed by atoms with Gasteiger partial charge in [0, 0.05) is 18.3 Å². The van der Waals surface area contributed by atoms with Gasteiger partial charge in [0.15, 0.2) is 6.29 Å². The van der Waals surface area contributed by atoms with E-state index in [0.717, 1.165) is 23.4 Å². The Morgan fingerprint density at radius 3 is 2.68 bits per heavy atom. The lowest BCUT2D eigenvalue weighted by Crippen LogP contribution is -2.19. The van der Waals surface area contributed by atoms with Crippen molar-refractivity contribution in [3.05, 3.63) is 58.4 Å². The Morgan fingerprint density at radius 2 is 2.00 bits per heavy atom. The summed E-state index contributed by atoms with van der Waals surface area (Å²) in [5, 5.41) is 0.569. The van der Waals surface area contributed by atoms with Crippen LogP contribution in [0.4, 0.5) is 5.69 Å². The van der Waals surface area contributed by atoms with Crippen LogP contribution in [0.15, 0.2) is 36.4 Å². The van der Waals surface area contributed by atoms with E-state index < -0.39 is 0 Å². The molecule has 2 rings (SSSR count). The third-order valence-corrected chi connectivity index (χ3v) is 3.18. The molecule has 0 N–H and O–H groups in total. The number of rotatable bonds is 4. The Balaban J connectivity index is 2.30. The van der Waals surface area contributed by atoms with E-state index in [-0.39, 0.29) is 0 Å². The van der Waals surface area contributed by atoms with Crippen LogP contribution in [0.5, 0.6) is 0 Å². The van der Waals surface area contributed by atoms with Crippen molar-refractivity contribution >= 4 is 23.6 Å². The van der Waals surface area contributed by atoms with Gasteiger partial charge in [-0.15, -0.1) is 0 Å². The Bertz CT molecular complexity index is 598. The predicted octanol–water partition coefficient (Wildman–Crippen LogP) is 3.49. The molecule has 0 aliphatic heterocycles. The van der Waals surface area contributed by atoms with Crippen molar-refractivity contribution in [3.8, 4) is 0 Å². The molecule has 4 heteroatoms. The number of benzene rings is 1. The van der Waals surface area contributed by atoms with Crippen LogP contribution in [0.25, 0.3) is 0 Å². The van der Waals surface area contributed by atoms with Gasteiger partial charge in [-0.25, -0.2) is 0 Å². The standard InChI is InChI=1S/C15H15ClN2O/c1-11-5-3-7-13(17-11)9-18(2)15-12(10-19)6-4-8-14(15)16/h3-8,10H,9H2,1-2H3. The fourth-order valence-electron chi connectivity index (χ4n) is 2.04. The summed E-state index contributed by atoms with van der Waals surface area (Å²) >= 11 is 6.18. The Morgan fingerprint density at radius 1 is 1.26 bits per heavy atom. The highest BCUT2D eigenvalue weighted by molar-refractivity contribution is 6.33. The zero-order chi connectivity index (χ0) is 13.8. The highest BCUT2D eigenvalue weighted by atomic mass is 35.5. The molecular formula is C15H15ClN2O. The number of aromatic nitrogens is 1. The van der Waals surface area contributed by atoms with E-state index in [1.165, 1.54) is 0 Å². The zero-order valence-corrected chi connectivity index (χ0v) is 11.7. The van der Waals surface area contributed by atoms with E-state index in [0.29, 0.717) is 17.1 Å². The first-order valence-electron chi connectivity index (χ1n) is 5.99. The normalized spacial score (nSPS) is 10.3. The fourth-order valence-corrected chi connectivity index (χ4v) is 2.37. The second-order valence-corrected chi connectivity index (χ2v) is 4.83. The van der Waals surface area contributed by atoms with Crippen molar-refractivity contribution in [1.29, 1.82) is 0 Å². The van der Waals surface area contributed by atoms with Crippen LogP contribution in [-0.2, 0) is 6.54 Å². The number of aldehydes is 1. The number of nitrogens with zero attached hydrogens (tertiary/aromatic N) is 2. The summed E-state index contributed by atoms with van der Waals surface area (Å²) in [5.41, 5.74) is 3.24. The highest BCUT2D eigenvalue weighted by Gasteiger charge is 2.12. The van der Waals surface area contributed by atoms with Crippen molar-refractivity contribution < 1.29 is 4.79 Å². The molecule has 0 bridgehead atoms. The van der Waals surface area contributed by atoms with Crippen molar-refractivity contribution in [2.24, 2.45) is 0 Å². The Kier molecular flexibility index (Phi) is 4.17. The van der Waals surface area contributed by atoms with Crippen molar-refractivity contribution in [2.75, 3.05) is 11.9 Å². The van der Waals surface area contributed by atoms with E-state index in [1.807, 2.05) is 37.1 Å². The van der Waals surface area contributed by atoms with Crippen molar-refractivity contribution in [1.82, 2.24) is 4.98 Å². The SMILES string of the molecule is Cc1cccc(CN(C)c2c(Cl)cccc2C=O)n1.